The third-order valence-electron chi connectivity index (χ3n) is 2.86. The van der Waals surface area contributed by atoms with Crippen molar-refractivity contribution in [3.8, 4) is 6.07 Å². The first-order valence-electron chi connectivity index (χ1n) is 5.49. The third kappa shape index (κ3) is 2.77. The maximum absolute atomic E-state index is 12.9. The van der Waals surface area contributed by atoms with E-state index in [1.54, 1.807) is 6.20 Å². The smallest absolute Gasteiger partial charge is 0.141 e. The van der Waals surface area contributed by atoms with Crippen molar-refractivity contribution in [1.82, 2.24) is 9.88 Å². The molecule has 1 aliphatic rings. The predicted octanol–water partition coefficient (Wildman–Crippen LogP) is 1.96. The SMILES string of the molecule is N#CC1CCCN(Cc2cncc(F)c2)C1. The topological polar surface area (TPSA) is 39.9 Å². The number of piperidine rings is 1. The number of nitrogens with zero attached hydrogens (tertiary/aromatic N) is 3. The second kappa shape index (κ2) is 5.04. The van der Waals surface area contributed by atoms with Gasteiger partial charge in [0.15, 0.2) is 0 Å². The highest BCUT2D eigenvalue weighted by atomic mass is 19.1. The van der Waals surface area contributed by atoms with E-state index in [1.807, 2.05) is 0 Å². The third-order valence-corrected chi connectivity index (χ3v) is 2.86. The minimum atomic E-state index is -0.300. The monoisotopic (exact) mass is 219 g/mol. The zero-order valence-corrected chi connectivity index (χ0v) is 9.06. The molecule has 0 radical (unpaired) electrons. The van der Waals surface area contributed by atoms with Gasteiger partial charge in [0, 0.05) is 19.3 Å². The fraction of sp³-hybridized carbons (Fsp3) is 0.500. The molecular formula is C12H14FN3. The van der Waals surface area contributed by atoms with Crippen molar-refractivity contribution >= 4 is 0 Å². The van der Waals surface area contributed by atoms with Crippen molar-refractivity contribution < 1.29 is 4.39 Å². The van der Waals surface area contributed by atoms with Gasteiger partial charge in [-0.1, -0.05) is 0 Å². The summed E-state index contributed by atoms with van der Waals surface area (Å²) < 4.78 is 12.9. The maximum atomic E-state index is 12.9. The summed E-state index contributed by atoms with van der Waals surface area (Å²) in [5.41, 5.74) is 0.874. The number of hydrogen-bond donors (Lipinski definition) is 0. The first kappa shape index (κ1) is 11.0. The van der Waals surface area contributed by atoms with Crippen LogP contribution in [0.4, 0.5) is 4.39 Å². The Hall–Kier alpha value is -1.47. The van der Waals surface area contributed by atoms with Gasteiger partial charge in [-0.25, -0.2) is 4.39 Å². The van der Waals surface area contributed by atoms with Crippen molar-refractivity contribution in [2.45, 2.75) is 19.4 Å². The summed E-state index contributed by atoms with van der Waals surface area (Å²) in [6, 6.07) is 3.80. The highest BCUT2D eigenvalue weighted by molar-refractivity contribution is 5.10. The van der Waals surface area contributed by atoms with Crippen molar-refractivity contribution in [3.05, 3.63) is 29.8 Å². The second-order valence-corrected chi connectivity index (χ2v) is 4.21. The molecule has 1 aliphatic heterocycles. The number of halogens is 1. The van der Waals surface area contributed by atoms with Crippen LogP contribution in [0.15, 0.2) is 18.5 Å². The minimum Gasteiger partial charge on any atom is -0.298 e. The van der Waals surface area contributed by atoms with E-state index in [-0.39, 0.29) is 11.7 Å². The molecule has 2 heterocycles. The van der Waals surface area contributed by atoms with Crippen LogP contribution in [-0.4, -0.2) is 23.0 Å². The summed E-state index contributed by atoms with van der Waals surface area (Å²) in [5.74, 6) is -0.179. The standard InChI is InChI=1S/C12H14FN3/c13-12-4-11(6-15-7-12)9-16-3-1-2-10(5-14)8-16/h4,6-7,10H,1-3,8-9H2. The Balaban J connectivity index is 1.97. The van der Waals surface area contributed by atoms with Crippen LogP contribution in [0.3, 0.4) is 0 Å². The summed E-state index contributed by atoms with van der Waals surface area (Å²) >= 11 is 0. The molecule has 1 aromatic rings. The molecule has 1 saturated heterocycles. The zero-order valence-electron chi connectivity index (χ0n) is 9.06. The number of nitriles is 1. The van der Waals surface area contributed by atoms with E-state index >= 15 is 0 Å². The summed E-state index contributed by atoms with van der Waals surface area (Å²) in [4.78, 5) is 6.01. The van der Waals surface area contributed by atoms with Gasteiger partial charge in [0.25, 0.3) is 0 Å². The Morgan fingerprint density at radius 1 is 1.56 bits per heavy atom. The average Bonchev–Trinajstić information content (AvgIpc) is 2.29. The molecule has 84 valence electrons. The molecule has 1 unspecified atom stereocenters. The molecule has 16 heavy (non-hydrogen) atoms. The van der Waals surface area contributed by atoms with Gasteiger partial charge >= 0.3 is 0 Å². The number of pyridine rings is 1. The van der Waals surface area contributed by atoms with Crippen molar-refractivity contribution in [2.24, 2.45) is 5.92 Å². The molecule has 0 aliphatic carbocycles. The van der Waals surface area contributed by atoms with Crippen LogP contribution in [0.25, 0.3) is 0 Å². The van der Waals surface area contributed by atoms with E-state index in [2.05, 4.69) is 16.0 Å². The highest BCUT2D eigenvalue weighted by Crippen LogP contribution is 2.17. The van der Waals surface area contributed by atoms with Gasteiger partial charge < -0.3 is 0 Å². The lowest BCUT2D eigenvalue weighted by molar-refractivity contribution is 0.192. The summed E-state index contributed by atoms with van der Waals surface area (Å²) in [5, 5.41) is 8.87. The van der Waals surface area contributed by atoms with Crippen LogP contribution < -0.4 is 0 Å². The Morgan fingerprint density at radius 2 is 2.44 bits per heavy atom. The van der Waals surface area contributed by atoms with Gasteiger partial charge in [-0.2, -0.15) is 5.26 Å². The number of hydrogen-bond acceptors (Lipinski definition) is 3. The Labute approximate surface area is 94.5 Å². The fourth-order valence-electron chi connectivity index (χ4n) is 2.11. The Bertz CT molecular complexity index is 399. The molecular weight excluding hydrogens is 205 g/mol. The number of likely N-dealkylation sites (tertiary alicyclic amines) is 1. The molecule has 1 fully saturated rings. The van der Waals surface area contributed by atoms with Gasteiger partial charge in [-0.05, 0) is 31.0 Å². The van der Waals surface area contributed by atoms with E-state index in [0.29, 0.717) is 6.54 Å². The summed E-state index contributed by atoms with van der Waals surface area (Å²) in [6.45, 7) is 2.45. The number of aromatic nitrogens is 1. The lowest BCUT2D eigenvalue weighted by Gasteiger charge is -2.29. The normalized spacial score (nSPS) is 21.6. The van der Waals surface area contributed by atoms with Crippen LogP contribution in [0.1, 0.15) is 18.4 Å². The van der Waals surface area contributed by atoms with E-state index in [0.717, 1.165) is 31.5 Å². The Kier molecular flexibility index (Phi) is 3.47. The molecule has 2 rings (SSSR count). The van der Waals surface area contributed by atoms with E-state index < -0.39 is 0 Å². The molecule has 0 saturated carbocycles. The predicted molar refractivity (Wildman–Crippen MR) is 57.8 cm³/mol. The highest BCUT2D eigenvalue weighted by Gasteiger charge is 2.19. The summed E-state index contributed by atoms with van der Waals surface area (Å²) in [7, 11) is 0. The Morgan fingerprint density at radius 3 is 3.19 bits per heavy atom. The van der Waals surface area contributed by atoms with Gasteiger partial charge in [0.1, 0.15) is 5.82 Å². The largest absolute Gasteiger partial charge is 0.298 e. The van der Waals surface area contributed by atoms with E-state index in [9.17, 15) is 4.39 Å². The van der Waals surface area contributed by atoms with Gasteiger partial charge in [-0.3, -0.25) is 9.88 Å². The van der Waals surface area contributed by atoms with E-state index in [4.69, 9.17) is 5.26 Å². The van der Waals surface area contributed by atoms with Crippen LogP contribution in [0.2, 0.25) is 0 Å². The molecule has 4 heteroatoms. The first-order valence-corrected chi connectivity index (χ1v) is 5.49. The van der Waals surface area contributed by atoms with Crippen molar-refractivity contribution in [3.63, 3.8) is 0 Å². The number of rotatable bonds is 2. The van der Waals surface area contributed by atoms with Crippen molar-refractivity contribution in [1.29, 1.82) is 5.26 Å². The fourth-order valence-corrected chi connectivity index (χ4v) is 2.11. The molecule has 1 atom stereocenters. The van der Waals surface area contributed by atoms with Crippen LogP contribution in [0, 0.1) is 23.1 Å². The van der Waals surface area contributed by atoms with Crippen molar-refractivity contribution in [2.75, 3.05) is 13.1 Å². The molecule has 0 aromatic carbocycles. The zero-order chi connectivity index (χ0) is 11.4. The average molecular weight is 219 g/mol. The second-order valence-electron chi connectivity index (χ2n) is 4.21. The minimum absolute atomic E-state index is 0.121. The molecule has 0 spiro atoms. The van der Waals surface area contributed by atoms with Gasteiger partial charge in [0.05, 0.1) is 18.2 Å². The lowest BCUT2D eigenvalue weighted by atomic mass is 9.99. The first-order chi connectivity index (χ1) is 7.78. The van der Waals surface area contributed by atoms with Crippen LogP contribution in [-0.2, 0) is 6.54 Å². The van der Waals surface area contributed by atoms with Gasteiger partial charge in [-0.15, -0.1) is 0 Å². The van der Waals surface area contributed by atoms with Crippen LogP contribution >= 0.6 is 0 Å². The van der Waals surface area contributed by atoms with E-state index in [1.165, 1.54) is 12.3 Å². The maximum Gasteiger partial charge on any atom is 0.141 e. The quantitative estimate of drug-likeness (QED) is 0.763. The molecule has 1 aromatic heterocycles. The molecule has 0 amide bonds. The molecule has 0 N–H and O–H groups in total. The van der Waals surface area contributed by atoms with Gasteiger partial charge in [0.2, 0.25) is 0 Å². The lowest BCUT2D eigenvalue weighted by Crippen LogP contribution is -2.34. The summed E-state index contributed by atoms with van der Waals surface area (Å²) in [6.07, 6.45) is 4.91. The molecule has 3 nitrogen and oxygen atoms in total. The molecule has 0 bridgehead atoms. The van der Waals surface area contributed by atoms with Crippen LogP contribution in [0.5, 0.6) is 0 Å².